The van der Waals surface area contributed by atoms with Crippen LogP contribution < -0.4 is 19.5 Å². The minimum atomic E-state index is -3.22. The molecule has 13 heteroatoms. The Morgan fingerprint density at radius 2 is 1.78 bits per heavy atom. The average Bonchev–Trinajstić information content (AvgIpc) is 3.32. The van der Waals surface area contributed by atoms with Crippen LogP contribution in [-0.4, -0.2) is 93.9 Å². The van der Waals surface area contributed by atoms with Gasteiger partial charge in [0.25, 0.3) is 11.8 Å². The molecule has 3 aliphatic heterocycles. The number of nitrogens with zero attached hydrogens (tertiary/aromatic N) is 2. The molecule has 260 valence electrons. The van der Waals surface area contributed by atoms with Gasteiger partial charge in [-0.2, -0.15) is 0 Å². The summed E-state index contributed by atoms with van der Waals surface area (Å²) in [7, 11) is -1.67. The van der Waals surface area contributed by atoms with E-state index in [1.165, 1.54) is 18.2 Å². The highest BCUT2D eigenvalue weighted by Gasteiger charge is 2.35. The molecule has 0 aromatic heterocycles. The van der Waals surface area contributed by atoms with E-state index in [1.54, 1.807) is 41.2 Å². The Kier molecular flexibility index (Phi) is 10.4. The van der Waals surface area contributed by atoms with Crippen LogP contribution in [0.25, 0.3) is 11.1 Å². The Morgan fingerprint density at radius 3 is 2.55 bits per heavy atom. The van der Waals surface area contributed by atoms with Gasteiger partial charge < -0.3 is 29.3 Å². The molecular weight excluding hydrogens is 653 g/mol. The van der Waals surface area contributed by atoms with E-state index < -0.39 is 21.6 Å². The molecule has 1 saturated heterocycles. The first-order chi connectivity index (χ1) is 23.6. The van der Waals surface area contributed by atoms with Crippen molar-refractivity contribution in [2.45, 2.75) is 32.2 Å². The molecule has 11 nitrogen and oxygen atoms in total. The molecule has 1 atom stereocenters. The molecule has 3 aromatic rings. The number of halogens is 1. The zero-order valence-electron chi connectivity index (χ0n) is 27.4. The van der Waals surface area contributed by atoms with Crippen molar-refractivity contribution in [1.82, 2.24) is 15.1 Å². The number of benzene rings is 3. The molecule has 4 bridgehead atoms. The number of amides is 3. The van der Waals surface area contributed by atoms with Crippen molar-refractivity contribution in [3.05, 3.63) is 77.1 Å². The minimum Gasteiger partial charge on any atom is -0.496 e. The molecule has 1 N–H and O–H groups in total. The Morgan fingerprint density at radius 1 is 0.939 bits per heavy atom. The van der Waals surface area contributed by atoms with E-state index in [9.17, 15) is 27.2 Å². The highest BCUT2D eigenvalue weighted by atomic mass is 32.2. The van der Waals surface area contributed by atoms with Gasteiger partial charge in [0.2, 0.25) is 5.91 Å². The summed E-state index contributed by atoms with van der Waals surface area (Å²) in [5, 5.41) is 2.94. The summed E-state index contributed by atoms with van der Waals surface area (Å²) in [6.07, 6.45) is 2.05. The standard InChI is InChI=1S/C36H40FN3O8S/c1-46-31-9-8-24-20-30(31)27-18-28-22-40(35(42)25-6-4-7-29(37)19-25)14-16-48-33(28)32(21-27)47-15-3-2-12-39(13-5-11-38-34(24)41)36(43)26-10-17-49(44,45)23-26/h4,6-9,18-21,26H,2-3,5,10-17,22-23H2,1H3,(H,38,41). The highest BCUT2D eigenvalue weighted by Crippen LogP contribution is 2.41. The summed E-state index contributed by atoms with van der Waals surface area (Å²) in [6, 6.07) is 14.4. The van der Waals surface area contributed by atoms with Crippen LogP contribution in [0.2, 0.25) is 0 Å². The molecule has 3 heterocycles. The molecule has 0 saturated carbocycles. The summed E-state index contributed by atoms with van der Waals surface area (Å²) >= 11 is 0. The van der Waals surface area contributed by atoms with Crippen molar-refractivity contribution < 1.29 is 41.4 Å². The second-order valence-corrected chi connectivity index (χ2v) is 14.8. The summed E-state index contributed by atoms with van der Waals surface area (Å²) in [4.78, 5) is 43.4. The highest BCUT2D eigenvalue weighted by molar-refractivity contribution is 7.91. The van der Waals surface area contributed by atoms with Gasteiger partial charge in [-0.3, -0.25) is 14.4 Å². The number of ether oxygens (including phenoxy) is 3. The predicted octanol–water partition coefficient (Wildman–Crippen LogP) is 4.09. The van der Waals surface area contributed by atoms with Gasteiger partial charge >= 0.3 is 0 Å². The fraction of sp³-hybridized carbons (Fsp3) is 0.417. The number of methoxy groups -OCH3 is 1. The zero-order valence-corrected chi connectivity index (χ0v) is 28.2. The monoisotopic (exact) mass is 693 g/mol. The van der Waals surface area contributed by atoms with Crippen LogP contribution in [0.15, 0.2) is 54.6 Å². The van der Waals surface area contributed by atoms with Crippen molar-refractivity contribution in [3.8, 4) is 28.4 Å². The van der Waals surface area contributed by atoms with E-state index in [0.29, 0.717) is 91.4 Å². The van der Waals surface area contributed by atoms with Crippen LogP contribution in [0.3, 0.4) is 0 Å². The maximum absolute atomic E-state index is 14.0. The summed E-state index contributed by atoms with van der Waals surface area (Å²) < 4.78 is 56.3. The molecule has 0 spiro atoms. The molecule has 0 radical (unpaired) electrons. The molecule has 1 fully saturated rings. The SMILES string of the molecule is COc1ccc2cc1-c1cc3c(c(c1)OCCCCN(C(=O)C1CCS(=O)(=O)C1)CCCNC2=O)OCCN(C(=O)c1cccc(F)c1)C3. The van der Waals surface area contributed by atoms with E-state index >= 15 is 0 Å². The normalized spacial score (nSPS) is 19.7. The maximum Gasteiger partial charge on any atom is 0.254 e. The van der Waals surface area contributed by atoms with Gasteiger partial charge in [0, 0.05) is 48.4 Å². The largest absolute Gasteiger partial charge is 0.496 e. The van der Waals surface area contributed by atoms with Gasteiger partial charge in [0.05, 0.1) is 37.7 Å². The van der Waals surface area contributed by atoms with Crippen LogP contribution in [0, 0.1) is 11.7 Å². The number of fused-ring (bicyclic) bond motifs is 7. The van der Waals surface area contributed by atoms with Gasteiger partial charge in [-0.25, -0.2) is 12.8 Å². The number of hydrogen-bond acceptors (Lipinski definition) is 8. The zero-order chi connectivity index (χ0) is 34.5. The minimum absolute atomic E-state index is 0.0210. The lowest BCUT2D eigenvalue weighted by molar-refractivity contribution is -0.134. The van der Waals surface area contributed by atoms with E-state index in [4.69, 9.17) is 14.2 Å². The molecule has 0 aliphatic carbocycles. The Balaban J connectivity index is 1.31. The molecule has 6 rings (SSSR count). The first-order valence-electron chi connectivity index (χ1n) is 16.5. The second kappa shape index (κ2) is 14.9. The topological polar surface area (TPSA) is 132 Å². The lowest BCUT2D eigenvalue weighted by Gasteiger charge is -2.25. The van der Waals surface area contributed by atoms with E-state index in [1.807, 2.05) is 12.1 Å². The summed E-state index contributed by atoms with van der Waals surface area (Å²) in [5.41, 5.74) is 2.64. The summed E-state index contributed by atoms with van der Waals surface area (Å²) in [5.74, 6) is -0.482. The average molecular weight is 694 g/mol. The van der Waals surface area contributed by atoms with Crippen molar-refractivity contribution in [2.75, 3.05) is 58.0 Å². The molecule has 49 heavy (non-hydrogen) atoms. The van der Waals surface area contributed by atoms with Gasteiger partial charge in [-0.05, 0) is 79.8 Å². The van der Waals surface area contributed by atoms with Gasteiger partial charge in [-0.15, -0.1) is 0 Å². The molecule has 3 aliphatic rings. The number of nitrogens with one attached hydrogen (secondary N) is 1. The molecule has 3 aromatic carbocycles. The molecule has 3 amide bonds. The first kappa shape index (κ1) is 34.2. The van der Waals surface area contributed by atoms with Crippen molar-refractivity contribution in [1.29, 1.82) is 0 Å². The fourth-order valence-corrected chi connectivity index (χ4v) is 8.27. The Hall–Kier alpha value is -4.65. The van der Waals surface area contributed by atoms with Crippen LogP contribution >= 0.6 is 0 Å². The van der Waals surface area contributed by atoms with Crippen molar-refractivity contribution in [2.24, 2.45) is 5.92 Å². The van der Waals surface area contributed by atoms with E-state index in [-0.39, 0.29) is 54.5 Å². The Labute approximate surface area is 285 Å². The predicted molar refractivity (Wildman–Crippen MR) is 180 cm³/mol. The van der Waals surface area contributed by atoms with E-state index in [2.05, 4.69) is 5.32 Å². The smallest absolute Gasteiger partial charge is 0.254 e. The number of sulfone groups is 1. The molecule has 1 unspecified atom stereocenters. The van der Waals surface area contributed by atoms with Gasteiger partial charge in [0.1, 0.15) is 18.2 Å². The quantitative estimate of drug-likeness (QED) is 0.434. The number of carbonyl (C=O) groups is 3. The van der Waals surface area contributed by atoms with E-state index in [0.717, 1.165) is 0 Å². The lowest BCUT2D eigenvalue weighted by Crippen LogP contribution is -2.39. The third-order valence-electron chi connectivity index (χ3n) is 9.10. The van der Waals surface area contributed by atoms with Gasteiger partial charge in [0.15, 0.2) is 21.3 Å². The van der Waals surface area contributed by atoms with Crippen molar-refractivity contribution >= 4 is 27.6 Å². The second-order valence-electron chi connectivity index (χ2n) is 12.6. The fourth-order valence-electron chi connectivity index (χ4n) is 6.54. The van der Waals surface area contributed by atoms with Crippen LogP contribution in [-0.2, 0) is 21.2 Å². The third kappa shape index (κ3) is 7.98. The lowest BCUT2D eigenvalue weighted by atomic mass is 9.98. The number of hydrogen-bond donors (Lipinski definition) is 1. The number of rotatable bonds is 3. The van der Waals surface area contributed by atoms with Crippen LogP contribution in [0.4, 0.5) is 4.39 Å². The van der Waals surface area contributed by atoms with Crippen molar-refractivity contribution in [3.63, 3.8) is 0 Å². The van der Waals surface area contributed by atoms with Crippen LogP contribution in [0.5, 0.6) is 17.2 Å². The first-order valence-corrected chi connectivity index (χ1v) is 18.4. The third-order valence-corrected chi connectivity index (χ3v) is 10.9. The Bertz CT molecular complexity index is 1850. The number of carbonyl (C=O) groups excluding carboxylic acids is 3. The van der Waals surface area contributed by atoms with Gasteiger partial charge in [-0.1, -0.05) is 6.07 Å². The van der Waals surface area contributed by atoms with Crippen LogP contribution in [0.1, 0.15) is 52.0 Å². The summed E-state index contributed by atoms with van der Waals surface area (Å²) in [6.45, 7) is 2.08. The molecular formula is C36H40FN3O8S. The maximum atomic E-state index is 14.0.